The summed E-state index contributed by atoms with van der Waals surface area (Å²) in [6, 6.07) is 12.2. The second kappa shape index (κ2) is 8.49. The lowest BCUT2D eigenvalue weighted by Crippen LogP contribution is -2.43. The summed E-state index contributed by atoms with van der Waals surface area (Å²) in [5.41, 5.74) is 2.21. The van der Waals surface area contributed by atoms with E-state index in [0.717, 1.165) is 23.3 Å². The Morgan fingerprint density at radius 3 is 2.38 bits per heavy atom. The Hall–Kier alpha value is -2.14. The lowest BCUT2D eigenvalue weighted by molar-refractivity contribution is -0.122. The minimum Gasteiger partial charge on any atom is -0.352 e. The summed E-state index contributed by atoms with van der Waals surface area (Å²) in [6.07, 6.45) is 4.43. The van der Waals surface area contributed by atoms with E-state index in [4.69, 9.17) is 0 Å². The van der Waals surface area contributed by atoms with Gasteiger partial charge >= 0.3 is 0 Å². The first-order chi connectivity index (χ1) is 12.5. The highest BCUT2D eigenvalue weighted by molar-refractivity contribution is 7.13. The van der Waals surface area contributed by atoms with Gasteiger partial charge in [0.25, 0.3) is 5.91 Å². The van der Waals surface area contributed by atoms with E-state index in [2.05, 4.69) is 5.32 Å². The van der Waals surface area contributed by atoms with E-state index in [1.807, 2.05) is 50.2 Å². The second-order valence-electron chi connectivity index (χ2n) is 7.11. The Morgan fingerprint density at radius 2 is 1.77 bits per heavy atom. The van der Waals surface area contributed by atoms with Crippen molar-refractivity contribution in [2.24, 2.45) is 0 Å². The highest BCUT2D eigenvalue weighted by Gasteiger charge is 2.23. The second-order valence-corrected chi connectivity index (χ2v) is 8.39. The number of benzene rings is 1. The van der Waals surface area contributed by atoms with Gasteiger partial charge < -0.3 is 10.2 Å². The number of rotatable bonds is 6. The largest absolute Gasteiger partial charge is 0.352 e. The van der Waals surface area contributed by atoms with Crippen molar-refractivity contribution in [3.63, 3.8) is 0 Å². The summed E-state index contributed by atoms with van der Waals surface area (Å²) < 4.78 is 0. The number of carbonyl (C=O) groups is 2. The molecule has 1 aromatic heterocycles. The molecule has 5 heteroatoms. The van der Waals surface area contributed by atoms with Crippen LogP contribution in [0.25, 0.3) is 0 Å². The van der Waals surface area contributed by atoms with Crippen LogP contribution >= 0.6 is 11.3 Å². The monoisotopic (exact) mass is 370 g/mol. The lowest BCUT2D eigenvalue weighted by atomic mass is 10.1. The van der Waals surface area contributed by atoms with Crippen LogP contribution in [0.5, 0.6) is 0 Å². The van der Waals surface area contributed by atoms with Gasteiger partial charge in [-0.15, -0.1) is 11.3 Å². The number of nitrogens with zero attached hydrogens (tertiary/aromatic N) is 1. The molecule has 4 nitrogen and oxygen atoms in total. The quantitative estimate of drug-likeness (QED) is 0.833. The Morgan fingerprint density at radius 1 is 1.08 bits per heavy atom. The van der Waals surface area contributed by atoms with Gasteiger partial charge in [-0.2, -0.15) is 0 Å². The van der Waals surface area contributed by atoms with Gasteiger partial charge in [0.15, 0.2) is 0 Å². The first-order valence-corrected chi connectivity index (χ1v) is 10.0. The van der Waals surface area contributed by atoms with Crippen molar-refractivity contribution in [1.29, 1.82) is 0 Å². The predicted octanol–water partition coefficient (Wildman–Crippen LogP) is 4.07. The molecule has 0 radical (unpaired) electrons. The van der Waals surface area contributed by atoms with Gasteiger partial charge in [0.2, 0.25) is 5.91 Å². The van der Waals surface area contributed by atoms with Crippen molar-refractivity contribution in [2.75, 3.05) is 6.54 Å². The molecule has 1 aliphatic carbocycles. The molecule has 2 amide bonds. The maximum Gasteiger partial charge on any atom is 0.264 e. The smallest absolute Gasteiger partial charge is 0.264 e. The Labute approximate surface area is 159 Å². The third kappa shape index (κ3) is 4.94. The van der Waals surface area contributed by atoms with Gasteiger partial charge in [-0.05, 0) is 44.4 Å². The third-order valence-corrected chi connectivity index (χ3v) is 5.78. The van der Waals surface area contributed by atoms with Crippen molar-refractivity contribution >= 4 is 23.2 Å². The fourth-order valence-electron chi connectivity index (χ4n) is 3.34. The molecule has 26 heavy (non-hydrogen) atoms. The van der Waals surface area contributed by atoms with Gasteiger partial charge in [0.1, 0.15) is 6.54 Å². The molecule has 0 bridgehead atoms. The van der Waals surface area contributed by atoms with E-state index in [9.17, 15) is 9.59 Å². The molecule has 1 saturated carbocycles. The molecule has 2 aromatic rings. The van der Waals surface area contributed by atoms with Gasteiger partial charge in [0.05, 0.1) is 4.88 Å². The van der Waals surface area contributed by atoms with E-state index in [0.29, 0.717) is 11.4 Å². The normalized spacial score (nSPS) is 14.4. The fraction of sp³-hybridized carbons (Fsp3) is 0.429. The highest BCUT2D eigenvalue weighted by atomic mass is 32.1. The minimum atomic E-state index is -0.0785. The standard InChI is InChI=1S/C21H26N2O2S/c1-15-7-10-17(11-8-15)13-23(21(25)19-12-9-16(2)26-19)14-20(24)22-18-5-3-4-6-18/h7-12,18H,3-6,13-14H2,1-2H3,(H,22,24). The number of hydrogen-bond acceptors (Lipinski definition) is 3. The summed E-state index contributed by atoms with van der Waals surface area (Å²) >= 11 is 1.47. The molecule has 1 aromatic carbocycles. The van der Waals surface area contributed by atoms with E-state index in [1.54, 1.807) is 4.90 Å². The van der Waals surface area contributed by atoms with Crippen molar-refractivity contribution in [3.05, 3.63) is 57.3 Å². The van der Waals surface area contributed by atoms with Crippen molar-refractivity contribution in [3.8, 4) is 0 Å². The van der Waals surface area contributed by atoms with Crippen LogP contribution in [0.2, 0.25) is 0 Å². The number of aryl methyl sites for hydroxylation is 2. The van der Waals surface area contributed by atoms with E-state index >= 15 is 0 Å². The average molecular weight is 371 g/mol. The van der Waals surface area contributed by atoms with Gasteiger partial charge in [-0.1, -0.05) is 42.7 Å². The SMILES string of the molecule is Cc1ccc(CN(CC(=O)NC2CCCC2)C(=O)c2ccc(C)s2)cc1. The molecule has 0 aliphatic heterocycles. The highest BCUT2D eigenvalue weighted by Crippen LogP contribution is 2.20. The van der Waals surface area contributed by atoms with Crippen LogP contribution in [0.15, 0.2) is 36.4 Å². The van der Waals surface area contributed by atoms with E-state index in [1.165, 1.54) is 29.7 Å². The first-order valence-electron chi connectivity index (χ1n) is 9.22. The number of thiophene rings is 1. The van der Waals surface area contributed by atoms with Crippen LogP contribution < -0.4 is 5.32 Å². The molecule has 0 atom stereocenters. The predicted molar refractivity (Wildman–Crippen MR) is 105 cm³/mol. The van der Waals surface area contributed by atoms with Crippen molar-refractivity contribution in [2.45, 2.75) is 52.1 Å². The summed E-state index contributed by atoms with van der Waals surface area (Å²) in [6.45, 7) is 4.56. The summed E-state index contributed by atoms with van der Waals surface area (Å²) in [7, 11) is 0. The number of hydrogen-bond donors (Lipinski definition) is 1. The number of carbonyl (C=O) groups excluding carboxylic acids is 2. The van der Waals surface area contributed by atoms with Crippen LogP contribution in [0, 0.1) is 13.8 Å². The zero-order valence-electron chi connectivity index (χ0n) is 15.5. The van der Waals surface area contributed by atoms with Crippen LogP contribution in [0.1, 0.15) is 51.4 Å². The average Bonchev–Trinajstić information content (AvgIpc) is 3.27. The zero-order valence-corrected chi connectivity index (χ0v) is 16.3. The maximum absolute atomic E-state index is 13.0. The molecular weight excluding hydrogens is 344 g/mol. The topological polar surface area (TPSA) is 49.4 Å². The lowest BCUT2D eigenvalue weighted by Gasteiger charge is -2.23. The van der Waals surface area contributed by atoms with E-state index in [-0.39, 0.29) is 24.4 Å². The van der Waals surface area contributed by atoms with Crippen LogP contribution in [0.3, 0.4) is 0 Å². The Bertz CT molecular complexity index is 761. The van der Waals surface area contributed by atoms with Crippen LogP contribution in [-0.4, -0.2) is 29.3 Å². The molecule has 1 aliphatic rings. The Balaban J connectivity index is 1.72. The molecule has 0 saturated heterocycles. The van der Waals surface area contributed by atoms with Gasteiger partial charge in [-0.3, -0.25) is 9.59 Å². The van der Waals surface area contributed by atoms with Gasteiger partial charge in [0, 0.05) is 17.5 Å². The summed E-state index contributed by atoms with van der Waals surface area (Å²) in [5.74, 6) is -0.143. The Kier molecular flexibility index (Phi) is 6.09. The molecule has 1 heterocycles. The molecule has 3 rings (SSSR count). The minimum absolute atomic E-state index is 0.0642. The fourth-order valence-corrected chi connectivity index (χ4v) is 4.17. The van der Waals surface area contributed by atoms with Crippen molar-refractivity contribution < 1.29 is 9.59 Å². The molecular formula is C21H26N2O2S. The van der Waals surface area contributed by atoms with Crippen molar-refractivity contribution in [1.82, 2.24) is 10.2 Å². The zero-order chi connectivity index (χ0) is 18.5. The van der Waals surface area contributed by atoms with Crippen LogP contribution in [-0.2, 0) is 11.3 Å². The molecule has 0 unspecified atom stereocenters. The summed E-state index contributed by atoms with van der Waals surface area (Å²) in [4.78, 5) is 28.9. The molecule has 138 valence electrons. The number of nitrogens with one attached hydrogen (secondary N) is 1. The van der Waals surface area contributed by atoms with Crippen LogP contribution in [0.4, 0.5) is 0 Å². The van der Waals surface area contributed by atoms with E-state index < -0.39 is 0 Å². The third-order valence-electron chi connectivity index (χ3n) is 4.79. The molecule has 1 fully saturated rings. The molecule has 1 N–H and O–H groups in total. The maximum atomic E-state index is 13.0. The first kappa shape index (κ1) is 18.6. The number of amides is 2. The summed E-state index contributed by atoms with van der Waals surface area (Å²) in [5, 5.41) is 3.09. The van der Waals surface area contributed by atoms with Gasteiger partial charge in [-0.25, -0.2) is 0 Å². The molecule has 0 spiro atoms.